The first-order valence-corrected chi connectivity index (χ1v) is 9.20. The molecule has 2 aromatic rings. The molecular weight excluding hydrogens is 385 g/mol. The van der Waals surface area contributed by atoms with Crippen LogP contribution in [0.15, 0.2) is 51.9 Å². The molecule has 0 amide bonds. The Kier molecular flexibility index (Phi) is 5.91. The summed E-state index contributed by atoms with van der Waals surface area (Å²) in [7, 11) is 0. The number of hydrogen-bond donors (Lipinski definition) is 3. The average molecular weight is 406 g/mol. The van der Waals surface area contributed by atoms with Gasteiger partial charge in [-0.1, -0.05) is 28.8 Å². The minimum atomic E-state index is -0.267. The van der Waals surface area contributed by atoms with Gasteiger partial charge in [0.05, 0.1) is 6.54 Å². The second-order valence-electron chi connectivity index (χ2n) is 6.20. The predicted octanol–water partition coefficient (Wildman–Crippen LogP) is 4.79. The van der Waals surface area contributed by atoms with Crippen LogP contribution in [0.1, 0.15) is 31.2 Å². The third-order valence-electron chi connectivity index (χ3n) is 4.24. The van der Waals surface area contributed by atoms with Crippen molar-refractivity contribution in [2.75, 3.05) is 5.32 Å². The van der Waals surface area contributed by atoms with Crippen LogP contribution >= 0.6 is 15.9 Å². The molecule has 0 heterocycles. The molecule has 0 radical (unpaired) electrons. The van der Waals surface area contributed by atoms with Crippen LogP contribution < -0.4 is 10.6 Å². The zero-order chi connectivity index (χ0) is 17.6. The molecule has 0 saturated heterocycles. The van der Waals surface area contributed by atoms with Crippen molar-refractivity contribution >= 4 is 27.6 Å². The largest absolute Gasteiger partial charge is 0.508 e. The second kappa shape index (κ2) is 8.34. The lowest BCUT2D eigenvalue weighted by Gasteiger charge is -2.17. The SMILES string of the molecule is Oc1ccc(NC(=NCc2cc(Br)ccc2F)NC2CCCC2)cc1. The number of guanidine groups is 1. The maximum absolute atomic E-state index is 13.9. The van der Waals surface area contributed by atoms with Crippen LogP contribution in [-0.2, 0) is 6.54 Å². The molecule has 0 spiro atoms. The summed E-state index contributed by atoms with van der Waals surface area (Å²) in [5.74, 6) is 0.567. The molecule has 0 bridgehead atoms. The number of phenolic OH excluding ortho intramolecular Hbond substituents is 1. The van der Waals surface area contributed by atoms with Crippen molar-refractivity contribution < 1.29 is 9.50 Å². The number of phenols is 1. The molecule has 0 unspecified atom stereocenters. The Labute approximate surface area is 155 Å². The summed E-state index contributed by atoms with van der Waals surface area (Å²) in [6.07, 6.45) is 4.65. The summed E-state index contributed by atoms with van der Waals surface area (Å²) >= 11 is 3.36. The second-order valence-corrected chi connectivity index (χ2v) is 7.11. The molecular formula is C19H21BrFN3O. The molecule has 3 rings (SSSR count). The van der Waals surface area contributed by atoms with Crippen molar-refractivity contribution in [3.63, 3.8) is 0 Å². The van der Waals surface area contributed by atoms with E-state index in [2.05, 4.69) is 31.6 Å². The first-order chi connectivity index (χ1) is 12.1. The van der Waals surface area contributed by atoms with Gasteiger partial charge >= 0.3 is 0 Å². The van der Waals surface area contributed by atoms with E-state index in [1.54, 1.807) is 36.4 Å². The normalized spacial score (nSPS) is 15.4. The summed E-state index contributed by atoms with van der Waals surface area (Å²) in [5.41, 5.74) is 1.35. The van der Waals surface area contributed by atoms with Crippen LogP contribution in [-0.4, -0.2) is 17.1 Å². The van der Waals surface area contributed by atoms with Gasteiger partial charge in [-0.2, -0.15) is 0 Å². The summed E-state index contributed by atoms with van der Waals surface area (Å²) in [6, 6.07) is 12.0. The molecule has 1 saturated carbocycles. The molecule has 1 aliphatic carbocycles. The first-order valence-electron chi connectivity index (χ1n) is 8.41. The third-order valence-corrected chi connectivity index (χ3v) is 4.73. The quantitative estimate of drug-likeness (QED) is 0.389. The number of halogens is 2. The van der Waals surface area contributed by atoms with Gasteiger partial charge in [0, 0.05) is 21.8 Å². The van der Waals surface area contributed by atoms with Crippen LogP contribution in [0, 0.1) is 5.82 Å². The van der Waals surface area contributed by atoms with Gasteiger partial charge < -0.3 is 15.7 Å². The highest BCUT2D eigenvalue weighted by Crippen LogP contribution is 2.20. The van der Waals surface area contributed by atoms with Gasteiger partial charge in [0.2, 0.25) is 0 Å². The van der Waals surface area contributed by atoms with Gasteiger partial charge in [0.25, 0.3) is 0 Å². The number of anilines is 1. The van der Waals surface area contributed by atoms with Crippen molar-refractivity contribution in [1.82, 2.24) is 5.32 Å². The van der Waals surface area contributed by atoms with E-state index in [0.29, 0.717) is 17.6 Å². The minimum Gasteiger partial charge on any atom is -0.508 e. The Morgan fingerprint density at radius 3 is 2.60 bits per heavy atom. The van der Waals surface area contributed by atoms with Crippen LogP contribution in [0.25, 0.3) is 0 Å². The van der Waals surface area contributed by atoms with E-state index in [1.165, 1.54) is 18.9 Å². The number of benzene rings is 2. The molecule has 132 valence electrons. The Morgan fingerprint density at radius 1 is 1.16 bits per heavy atom. The van der Waals surface area contributed by atoms with Gasteiger partial charge in [-0.25, -0.2) is 9.38 Å². The van der Waals surface area contributed by atoms with Gasteiger partial charge in [-0.05, 0) is 55.3 Å². The van der Waals surface area contributed by atoms with E-state index < -0.39 is 0 Å². The number of rotatable bonds is 4. The van der Waals surface area contributed by atoms with Gasteiger partial charge in [0.15, 0.2) is 5.96 Å². The maximum Gasteiger partial charge on any atom is 0.196 e. The maximum atomic E-state index is 13.9. The molecule has 2 aromatic carbocycles. The number of nitrogens with one attached hydrogen (secondary N) is 2. The van der Waals surface area contributed by atoms with Crippen LogP contribution in [0.3, 0.4) is 0 Å². The highest BCUT2D eigenvalue weighted by molar-refractivity contribution is 9.10. The van der Waals surface area contributed by atoms with E-state index in [9.17, 15) is 9.50 Å². The molecule has 1 fully saturated rings. The molecule has 0 atom stereocenters. The molecule has 4 nitrogen and oxygen atoms in total. The Morgan fingerprint density at radius 2 is 1.88 bits per heavy atom. The number of aromatic hydroxyl groups is 1. The Bertz CT molecular complexity index is 743. The average Bonchev–Trinajstić information content (AvgIpc) is 3.10. The summed E-state index contributed by atoms with van der Waals surface area (Å²) in [5, 5.41) is 16.1. The van der Waals surface area contributed by atoms with Crippen molar-refractivity contribution in [1.29, 1.82) is 0 Å². The minimum absolute atomic E-state index is 0.212. The first kappa shape index (κ1) is 17.7. The van der Waals surface area contributed by atoms with E-state index >= 15 is 0 Å². The summed E-state index contributed by atoms with van der Waals surface area (Å²) in [4.78, 5) is 4.55. The van der Waals surface area contributed by atoms with Crippen molar-refractivity contribution in [3.05, 3.63) is 58.3 Å². The lowest BCUT2D eigenvalue weighted by molar-refractivity contribution is 0.475. The van der Waals surface area contributed by atoms with Crippen LogP contribution in [0.2, 0.25) is 0 Å². The number of nitrogens with zero attached hydrogens (tertiary/aromatic N) is 1. The van der Waals surface area contributed by atoms with Gasteiger partial charge in [-0.15, -0.1) is 0 Å². The highest BCUT2D eigenvalue weighted by Gasteiger charge is 2.16. The number of aliphatic imine (C=N–C) groups is 1. The predicted molar refractivity (Wildman–Crippen MR) is 102 cm³/mol. The zero-order valence-electron chi connectivity index (χ0n) is 13.8. The molecule has 6 heteroatoms. The smallest absolute Gasteiger partial charge is 0.196 e. The van der Waals surface area contributed by atoms with Crippen molar-refractivity contribution in [3.8, 4) is 5.75 Å². The molecule has 0 aliphatic heterocycles. The standard InChI is InChI=1S/C19H21BrFN3O/c20-14-5-10-18(21)13(11-14)12-22-19(23-15-3-1-2-4-15)24-16-6-8-17(25)9-7-16/h5-11,15,25H,1-4,12H2,(H2,22,23,24). The Hall–Kier alpha value is -2.08. The summed E-state index contributed by atoms with van der Waals surface area (Å²) in [6.45, 7) is 0.241. The van der Waals surface area contributed by atoms with Crippen LogP contribution in [0.4, 0.5) is 10.1 Å². The Balaban J connectivity index is 1.76. The van der Waals surface area contributed by atoms with E-state index in [1.807, 2.05) is 0 Å². The monoisotopic (exact) mass is 405 g/mol. The fraction of sp³-hybridized carbons (Fsp3) is 0.316. The molecule has 3 N–H and O–H groups in total. The summed E-state index contributed by atoms with van der Waals surface area (Å²) < 4.78 is 14.8. The van der Waals surface area contributed by atoms with Crippen molar-refractivity contribution in [2.45, 2.75) is 38.3 Å². The van der Waals surface area contributed by atoms with E-state index in [-0.39, 0.29) is 18.1 Å². The van der Waals surface area contributed by atoms with Crippen molar-refractivity contribution in [2.24, 2.45) is 4.99 Å². The molecule has 1 aliphatic rings. The lowest BCUT2D eigenvalue weighted by Crippen LogP contribution is -2.37. The number of hydrogen-bond acceptors (Lipinski definition) is 2. The van der Waals surface area contributed by atoms with Crippen LogP contribution in [0.5, 0.6) is 5.75 Å². The fourth-order valence-electron chi connectivity index (χ4n) is 2.89. The van der Waals surface area contributed by atoms with Gasteiger partial charge in [-0.3, -0.25) is 0 Å². The molecule has 25 heavy (non-hydrogen) atoms. The fourth-order valence-corrected chi connectivity index (χ4v) is 3.30. The lowest BCUT2D eigenvalue weighted by atomic mass is 10.2. The third kappa shape index (κ3) is 5.19. The van der Waals surface area contributed by atoms with E-state index in [0.717, 1.165) is 23.0 Å². The topological polar surface area (TPSA) is 56.6 Å². The zero-order valence-corrected chi connectivity index (χ0v) is 15.4. The highest BCUT2D eigenvalue weighted by atomic mass is 79.9. The molecule has 0 aromatic heterocycles. The van der Waals surface area contributed by atoms with Gasteiger partial charge in [0.1, 0.15) is 11.6 Å². The van der Waals surface area contributed by atoms with E-state index in [4.69, 9.17) is 0 Å².